The molecule has 1 aromatic heterocycles. The van der Waals surface area contributed by atoms with Crippen molar-refractivity contribution in [2.45, 2.75) is 13.8 Å². The minimum atomic E-state index is -0.572. The van der Waals surface area contributed by atoms with Crippen molar-refractivity contribution in [3.63, 3.8) is 0 Å². The van der Waals surface area contributed by atoms with Crippen molar-refractivity contribution in [1.29, 1.82) is 0 Å². The standard InChI is InChI=1S/C12H18N4O3/c1-12(2,11(18)13-3)7-14-9-6-5-8(15-16-9)10(17)19-4/h5-6H,7H2,1-4H3,(H,13,18)(H,14,16). The molecule has 1 heterocycles. The first-order valence-electron chi connectivity index (χ1n) is 5.79. The van der Waals surface area contributed by atoms with E-state index >= 15 is 0 Å². The summed E-state index contributed by atoms with van der Waals surface area (Å²) in [5, 5.41) is 13.2. The number of nitrogens with zero attached hydrogens (tertiary/aromatic N) is 2. The molecule has 0 unspecified atom stereocenters. The minimum absolute atomic E-state index is 0.0702. The Morgan fingerprint density at radius 1 is 1.32 bits per heavy atom. The molecule has 0 radical (unpaired) electrons. The molecule has 1 aromatic rings. The second kappa shape index (κ2) is 6.12. The normalized spacial score (nSPS) is 10.7. The van der Waals surface area contributed by atoms with Crippen LogP contribution in [0.1, 0.15) is 24.3 Å². The van der Waals surface area contributed by atoms with Crippen LogP contribution in [0.2, 0.25) is 0 Å². The van der Waals surface area contributed by atoms with Crippen LogP contribution in [-0.4, -0.2) is 42.8 Å². The Morgan fingerprint density at radius 3 is 2.47 bits per heavy atom. The van der Waals surface area contributed by atoms with Gasteiger partial charge < -0.3 is 15.4 Å². The largest absolute Gasteiger partial charge is 0.464 e. The second-order valence-corrected chi connectivity index (χ2v) is 4.61. The molecule has 1 rings (SSSR count). The molecule has 0 aromatic carbocycles. The van der Waals surface area contributed by atoms with Gasteiger partial charge in [-0.2, -0.15) is 0 Å². The number of carbonyl (C=O) groups is 2. The molecule has 0 aliphatic carbocycles. The van der Waals surface area contributed by atoms with Crippen LogP contribution in [0.4, 0.5) is 5.82 Å². The summed E-state index contributed by atoms with van der Waals surface area (Å²) in [7, 11) is 2.87. The SMILES string of the molecule is CNC(=O)C(C)(C)CNc1ccc(C(=O)OC)nn1. The van der Waals surface area contributed by atoms with Gasteiger partial charge in [-0.05, 0) is 26.0 Å². The van der Waals surface area contributed by atoms with E-state index in [2.05, 4.69) is 25.6 Å². The highest BCUT2D eigenvalue weighted by Crippen LogP contribution is 2.15. The predicted octanol–water partition coefficient (Wildman–Crippen LogP) is 0.447. The van der Waals surface area contributed by atoms with Gasteiger partial charge in [-0.25, -0.2) is 4.79 Å². The fourth-order valence-electron chi connectivity index (χ4n) is 1.37. The first-order chi connectivity index (χ1) is 8.90. The van der Waals surface area contributed by atoms with Gasteiger partial charge in [0.2, 0.25) is 5.91 Å². The molecular formula is C12H18N4O3. The smallest absolute Gasteiger partial charge is 0.358 e. The fraction of sp³-hybridized carbons (Fsp3) is 0.500. The number of hydrogen-bond acceptors (Lipinski definition) is 6. The Morgan fingerprint density at radius 2 is 2.00 bits per heavy atom. The second-order valence-electron chi connectivity index (χ2n) is 4.61. The molecule has 2 N–H and O–H groups in total. The van der Waals surface area contributed by atoms with Gasteiger partial charge in [-0.3, -0.25) is 4.79 Å². The maximum Gasteiger partial charge on any atom is 0.358 e. The molecule has 0 saturated heterocycles. The van der Waals surface area contributed by atoms with Gasteiger partial charge in [0.1, 0.15) is 5.82 Å². The number of esters is 1. The Kier molecular flexibility index (Phi) is 4.80. The van der Waals surface area contributed by atoms with Crippen LogP contribution in [0.15, 0.2) is 12.1 Å². The lowest BCUT2D eigenvalue weighted by atomic mass is 9.92. The summed E-state index contributed by atoms with van der Waals surface area (Å²) < 4.78 is 4.52. The topological polar surface area (TPSA) is 93.2 Å². The van der Waals surface area contributed by atoms with Gasteiger partial charge in [0.05, 0.1) is 12.5 Å². The average Bonchev–Trinajstić information content (AvgIpc) is 2.43. The number of amides is 1. The van der Waals surface area contributed by atoms with E-state index in [1.807, 2.05) is 13.8 Å². The van der Waals surface area contributed by atoms with Gasteiger partial charge in [-0.1, -0.05) is 0 Å². The number of methoxy groups -OCH3 is 1. The highest BCUT2D eigenvalue weighted by molar-refractivity contribution is 5.87. The van der Waals surface area contributed by atoms with E-state index in [1.165, 1.54) is 13.2 Å². The Labute approximate surface area is 111 Å². The Hall–Kier alpha value is -2.18. The van der Waals surface area contributed by atoms with Crippen LogP contribution in [-0.2, 0) is 9.53 Å². The van der Waals surface area contributed by atoms with E-state index in [0.29, 0.717) is 12.4 Å². The van der Waals surface area contributed by atoms with E-state index in [1.54, 1.807) is 13.1 Å². The lowest BCUT2D eigenvalue weighted by molar-refractivity contribution is -0.128. The molecule has 19 heavy (non-hydrogen) atoms. The van der Waals surface area contributed by atoms with E-state index in [4.69, 9.17) is 0 Å². The molecule has 7 heteroatoms. The Balaban J connectivity index is 2.64. The highest BCUT2D eigenvalue weighted by atomic mass is 16.5. The van der Waals surface area contributed by atoms with Gasteiger partial charge in [0.25, 0.3) is 0 Å². The van der Waals surface area contributed by atoms with Gasteiger partial charge >= 0.3 is 5.97 Å². The zero-order valence-corrected chi connectivity index (χ0v) is 11.5. The minimum Gasteiger partial charge on any atom is -0.464 e. The molecule has 0 fully saturated rings. The van der Waals surface area contributed by atoms with Crippen LogP contribution in [0.5, 0.6) is 0 Å². The lowest BCUT2D eigenvalue weighted by Crippen LogP contribution is -2.39. The molecular weight excluding hydrogens is 248 g/mol. The van der Waals surface area contributed by atoms with Crippen molar-refractivity contribution in [1.82, 2.24) is 15.5 Å². The Bertz CT molecular complexity index is 457. The van der Waals surface area contributed by atoms with Crippen molar-refractivity contribution in [3.8, 4) is 0 Å². The van der Waals surface area contributed by atoms with Gasteiger partial charge in [-0.15, -0.1) is 10.2 Å². The van der Waals surface area contributed by atoms with E-state index in [-0.39, 0.29) is 11.6 Å². The third-order valence-corrected chi connectivity index (χ3v) is 2.61. The lowest BCUT2D eigenvalue weighted by Gasteiger charge is -2.22. The van der Waals surface area contributed by atoms with Crippen LogP contribution < -0.4 is 10.6 Å². The molecule has 0 spiro atoms. The first-order valence-corrected chi connectivity index (χ1v) is 5.79. The maximum atomic E-state index is 11.6. The average molecular weight is 266 g/mol. The fourth-order valence-corrected chi connectivity index (χ4v) is 1.37. The molecule has 104 valence electrons. The maximum absolute atomic E-state index is 11.6. The van der Waals surface area contributed by atoms with Crippen LogP contribution >= 0.6 is 0 Å². The molecule has 0 aliphatic rings. The summed E-state index contributed by atoms with van der Waals surface area (Å²) in [5.74, 6) is -0.117. The number of rotatable bonds is 5. The van der Waals surface area contributed by atoms with E-state index < -0.39 is 11.4 Å². The highest BCUT2D eigenvalue weighted by Gasteiger charge is 2.26. The van der Waals surface area contributed by atoms with Gasteiger partial charge in [0, 0.05) is 13.6 Å². The molecule has 0 bridgehead atoms. The molecule has 0 saturated carbocycles. The van der Waals surface area contributed by atoms with Crippen molar-refractivity contribution in [2.75, 3.05) is 26.0 Å². The zero-order chi connectivity index (χ0) is 14.5. The van der Waals surface area contributed by atoms with Crippen molar-refractivity contribution in [3.05, 3.63) is 17.8 Å². The van der Waals surface area contributed by atoms with E-state index in [9.17, 15) is 9.59 Å². The predicted molar refractivity (Wildman–Crippen MR) is 69.7 cm³/mol. The number of aromatic nitrogens is 2. The zero-order valence-electron chi connectivity index (χ0n) is 11.5. The molecule has 0 aliphatic heterocycles. The molecule has 7 nitrogen and oxygen atoms in total. The van der Waals surface area contributed by atoms with Crippen molar-refractivity contribution < 1.29 is 14.3 Å². The van der Waals surface area contributed by atoms with Gasteiger partial charge in [0.15, 0.2) is 5.69 Å². The number of carbonyl (C=O) groups excluding carboxylic acids is 2. The molecule has 0 atom stereocenters. The van der Waals surface area contributed by atoms with Crippen molar-refractivity contribution in [2.24, 2.45) is 5.41 Å². The summed E-state index contributed by atoms with van der Waals surface area (Å²) >= 11 is 0. The molecule has 1 amide bonds. The monoisotopic (exact) mass is 266 g/mol. The van der Waals surface area contributed by atoms with E-state index in [0.717, 1.165) is 0 Å². The summed E-state index contributed by atoms with van der Waals surface area (Å²) in [6, 6.07) is 3.12. The van der Waals surface area contributed by atoms with Crippen LogP contribution in [0, 0.1) is 5.41 Å². The third kappa shape index (κ3) is 3.90. The first kappa shape index (κ1) is 14.9. The third-order valence-electron chi connectivity index (χ3n) is 2.61. The van der Waals surface area contributed by atoms with Crippen molar-refractivity contribution >= 4 is 17.7 Å². The summed E-state index contributed by atoms with van der Waals surface area (Å²) in [6.45, 7) is 4.03. The number of hydrogen-bond donors (Lipinski definition) is 2. The number of nitrogens with one attached hydrogen (secondary N) is 2. The van der Waals surface area contributed by atoms with Crippen LogP contribution in [0.3, 0.4) is 0 Å². The summed E-state index contributed by atoms with van der Waals surface area (Å²) in [5.41, 5.74) is -0.434. The number of anilines is 1. The number of ether oxygens (including phenoxy) is 1. The van der Waals surface area contributed by atoms with Crippen LogP contribution in [0.25, 0.3) is 0 Å². The quantitative estimate of drug-likeness (QED) is 0.751. The summed E-state index contributed by atoms with van der Waals surface area (Å²) in [6.07, 6.45) is 0. The summed E-state index contributed by atoms with van der Waals surface area (Å²) in [4.78, 5) is 22.8.